The van der Waals surface area contributed by atoms with Crippen LogP contribution in [-0.4, -0.2) is 83.0 Å². The van der Waals surface area contributed by atoms with Crippen molar-refractivity contribution in [3.05, 3.63) is 47.3 Å². The largest absolute Gasteiger partial charge is 0.483 e. The normalized spacial score (nSPS) is 21.7. The summed E-state index contributed by atoms with van der Waals surface area (Å²) in [4.78, 5) is 25.7. The Labute approximate surface area is 170 Å². The van der Waals surface area contributed by atoms with E-state index in [1.54, 1.807) is 0 Å². The lowest BCUT2D eigenvalue weighted by Gasteiger charge is -2.29. The van der Waals surface area contributed by atoms with Crippen molar-refractivity contribution in [3.63, 3.8) is 0 Å². The van der Waals surface area contributed by atoms with Crippen LogP contribution in [0.3, 0.4) is 0 Å². The highest BCUT2D eigenvalue weighted by Gasteiger charge is 2.33. The van der Waals surface area contributed by atoms with E-state index in [9.17, 15) is 4.79 Å². The van der Waals surface area contributed by atoms with Crippen LogP contribution in [-0.2, 0) is 9.53 Å². The van der Waals surface area contributed by atoms with Crippen LogP contribution >= 0.6 is 0 Å². The maximum absolute atomic E-state index is 13.1. The monoisotopic (exact) mass is 400 g/mol. The molecule has 8 heteroatoms. The number of amides is 1. The van der Waals surface area contributed by atoms with Gasteiger partial charge >= 0.3 is 0 Å². The van der Waals surface area contributed by atoms with E-state index < -0.39 is 0 Å². The quantitative estimate of drug-likeness (QED) is 0.771. The molecule has 1 aromatic carbocycles. The van der Waals surface area contributed by atoms with Crippen molar-refractivity contribution < 1.29 is 19.4 Å². The van der Waals surface area contributed by atoms with Crippen LogP contribution in [0.1, 0.15) is 21.7 Å². The molecule has 2 aromatic rings. The number of fused-ring (bicyclic) bond motifs is 3. The van der Waals surface area contributed by atoms with Gasteiger partial charge in [-0.1, -0.05) is 0 Å². The van der Waals surface area contributed by atoms with Crippen molar-refractivity contribution in [1.82, 2.24) is 19.6 Å². The van der Waals surface area contributed by atoms with Gasteiger partial charge in [0.05, 0.1) is 30.6 Å². The summed E-state index contributed by atoms with van der Waals surface area (Å²) < 4.78 is 7.66. The second-order valence-electron chi connectivity index (χ2n) is 7.70. The zero-order chi connectivity index (χ0) is 21.0. The second-order valence-corrected chi connectivity index (χ2v) is 7.70. The number of carbonyl (C=O) groups is 2. The van der Waals surface area contributed by atoms with Gasteiger partial charge < -0.3 is 14.7 Å². The minimum Gasteiger partial charge on any atom is -0.483 e. The minimum absolute atomic E-state index is 0.108. The Morgan fingerprint density at radius 1 is 1.17 bits per heavy atom. The lowest BCUT2D eigenvalue weighted by atomic mass is 10.1. The number of likely N-dealkylation sites (N-methyl/N-ethyl adjacent to an activating group) is 1. The molecule has 8 nitrogen and oxygen atoms in total. The summed E-state index contributed by atoms with van der Waals surface area (Å²) in [7, 11) is 2.13. The van der Waals surface area contributed by atoms with E-state index in [0.29, 0.717) is 12.5 Å². The molecule has 2 aliphatic heterocycles. The molecule has 2 atom stereocenters. The van der Waals surface area contributed by atoms with Crippen LogP contribution < -0.4 is 0 Å². The topological polar surface area (TPSA) is 87.9 Å². The Morgan fingerprint density at radius 2 is 1.86 bits per heavy atom. The summed E-state index contributed by atoms with van der Waals surface area (Å²) in [6, 6.07) is 10.1. The number of rotatable bonds is 2. The lowest BCUT2D eigenvalue weighted by molar-refractivity contribution is -0.122. The number of hydrogen-bond donors (Lipinski definition) is 1. The zero-order valence-electron chi connectivity index (χ0n) is 17.1. The van der Waals surface area contributed by atoms with E-state index >= 15 is 0 Å². The molecule has 156 valence electrons. The molecule has 0 aliphatic carbocycles. The molecule has 4 rings (SSSR count). The van der Waals surface area contributed by atoms with Gasteiger partial charge in [0.15, 0.2) is 0 Å². The Balaban J connectivity index is 0.000000755. The average Bonchev–Trinajstić information content (AvgIpc) is 2.82. The first-order valence-corrected chi connectivity index (χ1v) is 9.71. The number of nitrogens with zero attached hydrogens (tertiary/aromatic N) is 4. The average molecular weight is 400 g/mol. The number of ether oxygens (including phenoxy) is 1. The number of aromatic nitrogens is 2. The summed E-state index contributed by atoms with van der Waals surface area (Å²) in [5, 5.41) is 11.4. The van der Waals surface area contributed by atoms with Gasteiger partial charge in [-0.25, -0.2) is 4.68 Å². The van der Waals surface area contributed by atoms with Crippen LogP contribution in [0.25, 0.3) is 5.69 Å². The van der Waals surface area contributed by atoms with Crippen LogP contribution in [0.4, 0.5) is 0 Å². The first kappa shape index (κ1) is 21.0. The standard InChI is InChI=1S/C20H26N4O2.CH2O2/c1-14-8-15(2)24(21-14)18-6-4-17(5-7-18)20(25)23-10-16-9-22(3)19(11-23)13-26-12-16;2-1-3/h4-8,16,19H,9-13H2,1-3H3;1H,(H,2,3)/t16-,19+;/m1./s1. The Hall–Kier alpha value is -2.71. The molecule has 0 radical (unpaired) electrons. The van der Waals surface area contributed by atoms with Gasteiger partial charge in [-0.2, -0.15) is 5.10 Å². The van der Waals surface area contributed by atoms with Crippen molar-refractivity contribution in [2.24, 2.45) is 5.92 Å². The summed E-state index contributed by atoms with van der Waals surface area (Å²) in [5.41, 5.74) is 3.79. The van der Waals surface area contributed by atoms with Crippen molar-refractivity contribution in [2.45, 2.75) is 19.9 Å². The molecule has 1 amide bonds. The predicted molar refractivity (Wildman–Crippen MR) is 108 cm³/mol. The first-order chi connectivity index (χ1) is 13.9. The SMILES string of the molecule is Cc1cc(C)n(-c2ccc(C(=O)N3C[C@@H]4COC[C@H](C3)N(C)C4)cc2)n1.O=CO. The fourth-order valence-electron chi connectivity index (χ4n) is 4.03. The Bertz CT molecular complexity index is 849. The molecule has 1 aromatic heterocycles. The number of hydrogen-bond acceptors (Lipinski definition) is 5. The Kier molecular flexibility index (Phi) is 6.66. The van der Waals surface area contributed by atoms with Gasteiger partial charge in [0, 0.05) is 36.8 Å². The maximum Gasteiger partial charge on any atom is 0.290 e. The van der Waals surface area contributed by atoms with E-state index in [4.69, 9.17) is 14.6 Å². The number of carbonyl (C=O) groups excluding carboxylic acids is 1. The van der Waals surface area contributed by atoms with Gasteiger partial charge in [0.2, 0.25) is 0 Å². The first-order valence-electron chi connectivity index (χ1n) is 9.71. The van der Waals surface area contributed by atoms with E-state index in [2.05, 4.69) is 17.0 Å². The van der Waals surface area contributed by atoms with Gasteiger partial charge in [0.25, 0.3) is 12.4 Å². The number of aryl methyl sites for hydroxylation is 2. The molecule has 0 spiro atoms. The van der Waals surface area contributed by atoms with Crippen LogP contribution in [0, 0.1) is 19.8 Å². The number of carboxylic acid groups (broad SMARTS) is 1. The molecule has 29 heavy (non-hydrogen) atoms. The fourth-order valence-corrected chi connectivity index (χ4v) is 4.03. The summed E-state index contributed by atoms with van der Waals surface area (Å²) in [6.45, 7) is 7.69. The molecule has 2 fully saturated rings. The van der Waals surface area contributed by atoms with E-state index in [1.165, 1.54) is 0 Å². The highest BCUT2D eigenvalue weighted by molar-refractivity contribution is 5.94. The van der Waals surface area contributed by atoms with Crippen molar-refractivity contribution in [1.29, 1.82) is 0 Å². The maximum atomic E-state index is 13.1. The molecular weight excluding hydrogens is 372 g/mol. The molecule has 0 unspecified atom stereocenters. The van der Waals surface area contributed by atoms with E-state index in [-0.39, 0.29) is 18.4 Å². The highest BCUT2D eigenvalue weighted by atomic mass is 16.5. The number of benzene rings is 1. The van der Waals surface area contributed by atoms with Crippen LogP contribution in [0.15, 0.2) is 30.3 Å². The molecule has 1 N–H and O–H groups in total. The fraction of sp³-hybridized carbons (Fsp3) is 0.476. The third-order valence-electron chi connectivity index (χ3n) is 5.40. The molecule has 2 bridgehead atoms. The second kappa shape index (κ2) is 9.19. The van der Waals surface area contributed by atoms with Gasteiger partial charge in [-0.05, 0) is 51.2 Å². The van der Waals surface area contributed by atoms with Crippen molar-refractivity contribution in [3.8, 4) is 5.69 Å². The highest BCUT2D eigenvalue weighted by Crippen LogP contribution is 2.21. The summed E-state index contributed by atoms with van der Waals surface area (Å²) >= 11 is 0. The molecular formula is C21H28N4O4. The van der Waals surface area contributed by atoms with Crippen molar-refractivity contribution in [2.75, 3.05) is 39.9 Å². The van der Waals surface area contributed by atoms with Crippen LogP contribution in [0.5, 0.6) is 0 Å². The van der Waals surface area contributed by atoms with Crippen molar-refractivity contribution >= 4 is 12.4 Å². The Morgan fingerprint density at radius 3 is 2.48 bits per heavy atom. The summed E-state index contributed by atoms with van der Waals surface area (Å²) in [5.74, 6) is 0.488. The zero-order valence-corrected chi connectivity index (χ0v) is 17.1. The molecule has 3 heterocycles. The molecule has 2 saturated heterocycles. The molecule has 0 saturated carbocycles. The lowest BCUT2D eigenvalue weighted by Crippen LogP contribution is -2.44. The third kappa shape index (κ3) is 4.83. The van der Waals surface area contributed by atoms with Gasteiger partial charge in [-0.3, -0.25) is 14.5 Å². The molecule has 2 aliphatic rings. The van der Waals surface area contributed by atoms with E-state index in [0.717, 1.165) is 48.9 Å². The van der Waals surface area contributed by atoms with Gasteiger partial charge in [0.1, 0.15) is 0 Å². The van der Waals surface area contributed by atoms with Crippen LogP contribution in [0.2, 0.25) is 0 Å². The predicted octanol–water partition coefficient (Wildman–Crippen LogP) is 1.59. The third-order valence-corrected chi connectivity index (χ3v) is 5.40. The summed E-state index contributed by atoms with van der Waals surface area (Å²) in [6.07, 6.45) is 0. The smallest absolute Gasteiger partial charge is 0.290 e. The van der Waals surface area contributed by atoms with Gasteiger partial charge in [-0.15, -0.1) is 0 Å². The van der Waals surface area contributed by atoms with E-state index in [1.807, 2.05) is 53.8 Å². The minimum atomic E-state index is -0.250.